The van der Waals surface area contributed by atoms with E-state index in [1.165, 1.54) is 0 Å². The number of hydrogen-bond donors (Lipinski definition) is 0. The topological polar surface area (TPSA) is 64.0 Å². The number of nitrogens with zero attached hydrogens (tertiary/aromatic N) is 5. The minimum absolute atomic E-state index is 0.441. The number of anilines is 1. The molecule has 0 aromatic carbocycles. The fraction of sp³-hybridized carbons (Fsp3) is 0.385. The van der Waals surface area contributed by atoms with Gasteiger partial charge in [-0.05, 0) is 6.42 Å². The Labute approximate surface area is 121 Å². The van der Waals surface area contributed by atoms with Crippen LogP contribution in [0.4, 0.5) is 5.95 Å². The van der Waals surface area contributed by atoms with Gasteiger partial charge < -0.3 is 9.64 Å². The molecule has 0 amide bonds. The maximum absolute atomic E-state index is 5.79. The van der Waals surface area contributed by atoms with E-state index in [-0.39, 0.29) is 0 Å². The summed E-state index contributed by atoms with van der Waals surface area (Å²) in [6.45, 7) is 2.43. The first-order valence-electron chi connectivity index (χ1n) is 6.42. The van der Waals surface area contributed by atoms with Gasteiger partial charge in [0.2, 0.25) is 11.8 Å². The molecule has 7 heteroatoms. The molecule has 20 heavy (non-hydrogen) atoms. The predicted molar refractivity (Wildman–Crippen MR) is 74.9 cm³/mol. The highest BCUT2D eigenvalue weighted by Crippen LogP contribution is 2.21. The molecule has 1 unspecified atom stereocenters. The summed E-state index contributed by atoms with van der Waals surface area (Å²) >= 11 is 5.79. The van der Waals surface area contributed by atoms with Gasteiger partial charge in [-0.25, -0.2) is 15.0 Å². The van der Waals surface area contributed by atoms with Gasteiger partial charge in [-0.1, -0.05) is 11.6 Å². The predicted octanol–water partition coefficient (Wildman–Crippen LogP) is 1.83. The van der Waals surface area contributed by atoms with Gasteiger partial charge >= 0.3 is 0 Å². The Morgan fingerprint density at radius 2 is 2.05 bits per heavy atom. The minimum Gasteiger partial charge on any atom is -0.476 e. The molecule has 1 fully saturated rings. The number of ether oxygens (including phenoxy) is 1. The van der Waals surface area contributed by atoms with E-state index in [1.54, 1.807) is 31.0 Å². The molecule has 0 aliphatic carbocycles. The summed E-state index contributed by atoms with van der Waals surface area (Å²) in [4.78, 5) is 18.7. The molecule has 1 aliphatic rings. The number of aromatic nitrogens is 4. The third-order valence-corrected chi connectivity index (χ3v) is 3.38. The molecule has 2 aromatic heterocycles. The third-order valence-electron chi connectivity index (χ3n) is 3.18. The molecule has 0 bridgehead atoms. The SMILES string of the molecule is Clc1cnc(N2CCC(COc3cnccn3)C2)nc1. The molecule has 2 aromatic rings. The van der Waals surface area contributed by atoms with E-state index in [0.717, 1.165) is 25.5 Å². The summed E-state index contributed by atoms with van der Waals surface area (Å²) in [5.74, 6) is 1.72. The maximum Gasteiger partial charge on any atom is 0.232 e. The summed E-state index contributed by atoms with van der Waals surface area (Å²) in [7, 11) is 0. The lowest BCUT2D eigenvalue weighted by Gasteiger charge is -2.16. The maximum atomic E-state index is 5.79. The van der Waals surface area contributed by atoms with Crippen molar-refractivity contribution in [1.82, 2.24) is 19.9 Å². The molecule has 0 saturated carbocycles. The molecule has 1 aliphatic heterocycles. The van der Waals surface area contributed by atoms with E-state index in [2.05, 4.69) is 24.8 Å². The lowest BCUT2D eigenvalue weighted by molar-refractivity contribution is 0.251. The zero-order valence-corrected chi connectivity index (χ0v) is 11.6. The van der Waals surface area contributed by atoms with E-state index < -0.39 is 0 Å². The molecule has 3 rings (SSSR count). The van der Waals surface area contributed by atoms with Gasteiger partial charge in [0.05, 0.1) is 30.2 Å². The van der Waals surface area contributed by atoms with Crippen molar-refractivity contribution >= 4 is 17.5 Å². The molecule has 1 saturated heterocycles. The number of hydrogen-bond acceptors (Lipinski definition) is 6. The first-order valence-corrected chi connectivity index (χ1v) is 6.80. The van der Waals surface area contributed by atoms with Crippen molar-refractivity contribution < 1.29 is 4.74 Å². The Hall–Kier alpha value is -1.95. The molecule has 104 valence electrons. The van der Waals surface area contributed by atoms with Crippen LogP contribution in [-0.4, -0.2) is 39.6 Å². The second kappa shape index (κ2) is 6.00. The van der Waals surface area contributed by atoms with Crippen LogP contribution in [0.15, 0.2) is 31.0 Å². The molecular formula is C13H14ClN5O. The van der Waals surface area contributed by atoms with Crippen LogP contribution in [0.2, 0.25) is 5.02 Å². The Morgan fingerprint density at radius 3 is 2.80 bits per heavy atom. The lowest BCUT2D eigenvalue weighted by Crippen LogP contribution is -2.23. The summed E-state index contributed by atoms with van der Waals surface area (Å²) < 4.78 is 5.63. The van der Waals surface area contributed by atoms with Crippen LogP contribution in [0.25, 0.3) is 0 Å². The first kappa shape index (κ1) is 13.1. The molecule has 6 nitrogen and oxygen atoms in total. The average molecular weight is 292 g/mol. The van der Waals surface area contributed by atoms with Crippen molar-refractivity contribution in [1.29, 1.82) is 0 Å². The average Bonchev–Trinajstić information content (AvgIpc) is 2.96. The van der Waals surface area contributed by atoms with Crippen molar-refractivity contribution in [3.63, 3.8) is 0 Å². The highest BCUT2D eigenvalue weighted by molar-refractivity contribution is 6.30. The highest BCUT2D eigenvalue weighted by Gasteiger charge is 2.24. The Morgan fingerprint density at radius 1 is 1.20 bits per heavy atom. The van der Waals surface area contributed by atoms with Crippen LogP contribution in [0.3, 0.4) is 0 Å². The van der Waals surface area contributed by atoms with Gasteiger partial charge in [-0.2, -0.15) is 0 Å². The second-order valence-electron chi connectivity index (χ2n) is 4.66. The van der Waals surface area contributed by atoms with Crippen LogP contribution < -0.4 is 9.64 Å². The summed E-state index contributed by atoms with van der Waals surface area (Å²) in [6.07, 6.45) is 9.15. The normalized spacial score (nSPS) is 18.2. The molecule has 0 N–H and O–H groups in total. The van der Waals surface area contributed by atoms with Gasteiger partial charge in [-0.15, -0.1) is 0 Å². The summed E-state index contributed by atoms with van der Waals surface area (Å²) in [5.41, 5.74) is 0. The van der Waals surface area contributed by atoms with Crippen molar-refractivity contribution in [2.24, 2.45) is 5.92 Å². The molecule has 0 spiro atoms. The van der Waals surface area contributed by atoms with E-state index in [0.29, 0.717) is 23.4 Å². The van der Waals surface area contributed by atoms with Crippen LogP contribution in [0.1, 0.15) is 6.42 Å². The quantitative estimate of drug-likeness (QED) is 0.856. The first-order chi connectivity index (χ1) is 9.81. The van der Waals surface area contributed by atoms with Gasteiger partial charge in [0.1, 0.15) is 0 Å². The van der Waals surface area contributed by atoms with Crippen LogP contribution in [0.5, 0.6) is 5.88 Å². The van der Waals surface area contributed by atoms with E-state index in [4.69, 9.17) is 16.3 Å². The van der Waals surface area contributed by atoms with E-state index in [1.807, 2.05) is 0 Å². The van der Waals surface area contributed by atoms with Gasteiger partial charge in [0, 0.05) is 31.4 Å². The van der Waals surface area contributed by atoms with E-state index >= 15 is 0 Å². The molecule has 0 radical (unpaired) electrons. The van der Waals surface area contributed by atoms with Gasteiger partial charge in [0.15, 0.2) is 0 Å². The molecule has 1 atom stereocenters. The van der Waals surface area contributed by atoms with Crippen molar-refractivity contribution in [2.45, 2.75) is 6.42 Å². The fourth-order valence-corrected chi connectivity index (χ4v) is 2.28. The highest BCUT2D eigenvalue weighted by atomic mass is 35.5. The Kier molecular flexibility index (Phi) is 3.92. The second-order valence-corrected chi connectivity index (χ2v) is 5.09. The monoisotopic (exact) mass is 291 g/mol. The molecular weight excluding hydrogens is 278 g/mol. The summed E-state index contributed by atoms with van der Waals surface area (Å²) in [5, 5.41) is 0.551. The fourth-order valence-electron chi connectivity index (χ4n) is 2.18. The molecule has 3 heterocycles. The van der Waals surface area contributed by atoms with Crippen LogP contribution >= 0.6 is 11.6 Å². The number of rotatable bonds is 4. The number of halogens is 1. The van der Waals surface area contributed by atoms with Crippen LogP contribution in [-0.2, 0) is 0 Å². The third kappa shape index (κ3) is 3.14. The van der Waals surface area contributed by atoms with Crippen molar-refractivity contribution in [2.75, 3.05) is 24.6 Å². The zero-order chi connectivity index (χ0) is 13.8. The Balaban J connectivity index is 1.53. The smallest absolute Gasteiger partial charge is 0.232 e. The largest absolute Gasteiger partial charge is 0.476 e. The van der Waals surface area contributed by atoms with Crippen molar-refractivity contribution in [3.8, 4) is 5.88 Å². The minimum atomic E-state index is 0.441. The summed E-state index contributed by atoms with van der Waals surface area (Å²) in [6, 6.07) is 0. The lowest BCUT2D eigenvalue weighted by atomic mass is 10.1. The standard InChI is InChI=1S/C13H14ClN5O/c14-11-5-17-13(18-6-11)19-4-1-10(8-19)9-20-12-7-15-2-3-16-12/h2-3,5-7,10H,1,4,8-9H2. The van der Waals surface area contributed by atoms with Crippen LogP contribution in [0, 0.1) is 5.92 Å². The zero-order valence-electron chi connectivity index (χ0n) is 10.8. The van der Waals surface area contributed by atoms with E-state index in [9.17, 15) is 0 Å². The van der Waals surface area contributed by atoms with Gasteiger partial charge in [0.25, 0.3) is 0 Å². The Bertz CT molecular complexity index is 550. The van der Waals surface area contributed by atoms with Crippen molar-refractivity contribution in [3.05, 3.63) is 36.0 Å². The van der Waals surface area contributed by atoms with Gasteiger partial charge in [-0.3, -0.25) is 4.98 Å².